The summed E-state index contributed by atoms with van der Waals surface area (Å²) in [5.41, 5.74) is 6.25. The predicted molar refractivity (Wildman–Crippen MR) is 205 cm³/mol. The molecular formula is C35H46ClF3N7O5PS. The molecule has 5 atom stereocenters. The Labute approximate surface area is 318 Å². The summed E-state index contributed by atoms with van der Waals surface area (Å²) in [5, 5.41) is 6.70. The summed E-state index contributed by atoms with van der Waals surface area (Å²) in [5.74, 6) is 1.34. The number of anilines is 2. The molecule has 290 valence electrons. The molecule has 3 heterocycles. The van der Waals surface area contributed by atoms with Crippen molar-refractivity contribution < 1.29 is 36.5 Å². The van der Waals surface area contributed by atoms with Crippen LogP contribution in [0.3, 0.4) is 0 Å². The van der Waals surface area contributed by atoms with Gasteiger partial charge in [-0.05, 0) is 76.6 Å². The number of nitrogen functional groups attached to an aromatic ring is 1. The molecule has 4 unspecified atom stereocenters. The summed E-state index contributed by atoms with van der Waals surface area (Å²) in [6, 6.07) is 8.74. The molecule has 2 aromatic heterocycles. The Morgan fingerprint density at radius 2 is 2.00 bits per heavy atom. The molecule has 0 spiro atoms. The number of hydrogen-bond acceptors (Lipinski definition) is 12. The lowest BCUT2D eigenvalue weighted by Crippen LogP contribution is -2.36. The molecule has 4 N–H and O–H groups in total. The number of ether oxygens (including phenoxy) is 2. The highest BCUT2D eigenvalue weighted by Crippen LogP contribution is 2.42. The Morgan fingerprint density at radius 1 is 1.28 bits per heavy atom. The maximum absolute atomic E-state index is 12.3. The zero-order valence-electron chi connectivity index (χ0n) is 30.2. The van der Waals surface area contributed by atoms with Gasteiger partial charge >= 0.3 is 20.7 Å². The largest absolute Gasteiger partial charge is 0.465 e. The number of hydrogen-bond donors (Lipinski definition) is 3. The van der Waals surface area contributed by atoms with E-state index < -0.39 is 26.3 Å². The molecule has 2 aliphatic rings. The number of alkyl halides is 3. The van der Waals surface area contributed by atoms with E-state index in [1.54, 1.807) is 38.1 Å². The van der Waals surface area contributed by atoms with Crippen molar-refractivity contribution in [1.82, 2.24) is 24.5 Å². The van der Waals surface area contributed by atoms with Crippen LogP contribution in [0.15, 0.2) is 73.0 Å². The molecule has 5 rings (SSSR count). The predicted octanol–water partition coefficient (Wildman–Crippen LogP) is 8.44. The van der Waals surface area contributed by atoms with Crippen molar-refractivity contribution in [3.8, 4) is 5.75 Å². The minimum Gasteiger partial charge on any atom is -0.465 e. The second-order valence-electron chi connectivity index (χ2n) is 12.2. The highest BCUT2D eigenvalue weighted by atomic mass is 35.5. The van der Waals surface area contributed by atoms with Crippen LogP contribution in [-0.4, -0.2) is 64.3 Å². The van der Waals surface area contributed by atoms with Gasteiger partial charge in [0.2, 0.25) is 5.95 Å². The van der Waals surface area contributed by atoms with Crippen LogP contribution >= 0.6 is 32.1 Å². The number of rotatable bonds is 16. The summed E-state index contributed by atoms with van der Waals surface area (Å²) in [6.07, 6.45) is 6.74. The van der Waals surface area contributed by atoms with Crippen molar-refractivity contribution in [2.24, 2.45) is 5.92 Å². The first-order valence-corrected chi connectivity index (χ1v) is 19.8. The van der Waals surface area contributed by atoms with Crippen molar-refractivity contribution in [2.75, 3.05) is 30.2 Å². The highest BCUT2D eigenvalue weighted by molar-refractivity contribution is 7.96. The molecule has 18 heteroatoms. The number of carbonyl (C=O) groups is 1. The molecule has 1 aliphatic carbocycles. The van der Waals surface area contributed by atoms with E-state index in [2.05, 4.69) is 38.4 Å². The van der Waals surface area contributed by atoms with Gasteiger partial charge in [-0.15, -0.1) is 0 Å². The van der Waals surface area contributed by atoms with Crippen molar-refractivity contribution in [3.05, 3.63) is 78.0 Å². The fourth-order valence-electron chi connectivity index (χ4n) is 5.35. The van der Waals surface area contributed by atoms with Gasteiger partial charge < -0.3 is 28.8 Å². The lowest BCUT2D eigenvalue weighted by Gasteiger charge is -2.24. The third-order valence-corrected chi connectivity index (χ3v) is 9.99. The molecule has 53 heavy (non-hydrogen) atoms. The summed E-state index contributed by atoms with van der Waals surface area (Å²) in [4.78, 5) is 24.8. The molecule has 1 aliphatic heterocycles. The Kier molecular flexibility index (Phi) is 15.8. The van der Waals surface area contributed by atoms with Gasteiger partial charge in [0.25, 0.3) is 0 Å². The highest BCUT2D eigenvalue weighted by Gasteiger charge is 2.37. The van der Waals surface area contributed by atoms with Crippen LogP contribution in [0.4, 0.5) is 24.9 Å². The number of fused-ring (bicyclic) bond motifs is 1. The number of nitrogens with zero attached hydrogens (tertiary/aromatic N) is 4. The number of esters is 1. The van der Waals surface area contributed by atoms with E-state index in [0.29, 0.717) is 16.8 Å². The van der Waals surface area contributed by atoms with E-state index in [1.165, 1.54) is 31.0 Å². The number of carbonyl (C=O) groups excluding carboxylic acids is 1. The lowest BCUT2D eigenvalue weighted by atomic mass is 10.1. The normalized spacial score (nSPS) is 20.2. The van der Waals surface area contributed by atoms with Gasteiger partial charge in [-0.3, -0.25) is 9.80 Å². The van der Waals surface area contributed by atoms with Crippen LogP contribution in [0, 0.1) is 5.92 Å². The smallest absolute Gasteiger partial charge is 0.416 e. The zero-order valence-corrected chi connectivity index (χ0v) is 32.6. The Bertz CT molecular complexity index is 1730. The van der Waals surface area contributed by atoms with E-state index in [0.717, 1.165) is 48.3 Å². The van der Waals surface area contributed by atoms with Crippen molar-refractivity contribution >= 4 is 60.8 Å². The van der Waals surface area contributed by atoms with Crippen molar-refractivity contribution in [2.45, 2.75) is 77.5 Å². The number of aromatic nitrogens is 3. The van der Waals surface area contributed by atoms with Gasteiger partial charge in [0.1, 0.15) is 23.7 Å². The molecule has 1 saturated heterocycles. The fraction of sp³-hybridized carbons (Fsp3) is 0.457. The van der Waals surface area contributed by atoms with Gasteiger partial charge in [-0.25, -0.2) is 5.09 Å². The maximum atomic E-state index is 12.3. The molecule has 1 saturated carbocycles. The van der Waals surface area contributed by atoms with E-state index >= 15 is 0 Å². The number of nitrogens with one attached hydrogen (secondary N) is 2. The summed E-state index contributed by atoms with van der Waals surface area (Å²) in [7, 11) is -1.70. The van der Waals surface area contributed by atoms with Crippen LogP contribution in [-0.2, 0) is 18.8 Å². The number of hydrazine groups is 1. The van der Waals surface area contributed by atoms with E-state index in [4.69, 9.17) is 35.9 Å². The van der Waals surface area contributed by atoms with Gasteiger partial charge in [0.05, 0.1) is 30.3 Å². The topological polar surface area (TPSA) is 138 Å². The Balaban J connectivity index is 0.000000495. The summed E-state index contributed by atoms with van der Waals surface area (Å²) in [6.45, 7) is 10.8. The van der Waals surface area contributed by atoms with E-state index in [9.17, 15) is 18.0 Å². The van der Waals surface area contributed by atoms with Crippen LogP contribution in [0.25, 0.3) is 11.0 Å². The monoisotopic (exact) mass is 799 g/mol. The van der Waals surface area contributed by atoms with Gasteiger partial charge in [-0.2, -0.15) is 28.0 Å². The second kappa shape index (κ2) is 19.8. The minimum absolute atomic E-state index is 0.174. The molecule has 2 fully saturated rings. The lowest BCUT2D eigenvalue weighted by molar-refractivity contribution is -0.144. The third kappa shape index (κ3) is 12.1. The number of benzene rings is 1. The van der Waals surface area contributed by atoms with Crippen LogP contribution in [0.2, 0.25) is 5.02 Å². The quantitative estimate of drug-likeness (QED) is 0.0422. The number of halogens is 4. The average molecular weight is 800 g/mol. The van der Waals surface area contributed by atoms with E-state index in [1.807, 2.05) is 23.1 Å². The minimum atomic E-state index is -4.26. The van der Waals surface area contributed by atoms with Crippen LogP contribution in [0.1, 0.15) is 53.2 Å². The average Bonchev–Trinajstić information content (AvgIpc) is 3.77. The van der Waals surface area contributed by atoms with Crippen LogP contribution in [0.5, 0.6) is 5.75 Å². The molecule has 0 radical (unpaired) electrons. The standard InChI is InChI=1S/C27H37ClN7O5PS.C8H9F3/c1-5-37-26(36)17(3)32-41(40-20-10-6-18(28)7-11-20)38-15-21-14-16(2)25(39-21)34-13-12-22-23(34)30-27(29)31-24(22)35(33-42-4)19-8-9-19;1-3-5-6-7(4-2)8(9,10)11/h6-7,10-13,16-17,19,21,25,32-33H,5,8-9,14-15H2,1-4H3,(H2,29,30,31);3-6H,1H2,2H3/b;6-5-,7-4+/t16?,17?,21?,25-,41?;/m1./s1. The van der Waals surface area contributed by atoms with Gasteiger partial charge in [0.15, 0.2) is 5.82 Å². The van der Waals surface area contributed by atoms with Crippen molar-refractivity contribution in [3.63, 3.8) is 0 Å². The second-order valence-corrected chi connectivity index (χ2v) is 14.4. The fourth-order valence-corrected chi connectivity index (χ4v) is 7.12. The first kappa shape index (κ1) is 42.4. The number of allylic oxidation sites excluding steroid dienone is 5. The van der Waals surface area contributed by atoms with Crippen molar-refractivity contribution in [1.29, 1.82) is 0 Å². The van der Waals surface area contributed by atoms with E-state index in [-0.39, 0.29) is 43.4 Å². The Morgan fingerprint density at radius 3 is 2.60 bits per heavy atom. The first-order valence-electron chi connectivity index (χ1n) is 17.0. The maximum Gasteiger partial charge on any atom is 0.416 e. The zero-order chi connectivity index (χ0) is 38.7. The molecule has 1 aromatic carbocycles. The SMILES string of the molecule is C=C/C=C\C(=C/C)C(F)(F)F.CCOC(=O)C(C)NP(OCC1CC(C)[C@H](n2ccc3c(N(NSC)C4CC4)nc(N)nc32)O1)Oc1ccc(Cl)cc1. The Hall–Kier alpha value is -3.37. The molecule has 3 aromatic rings. The molecule has 0 bridgehead atoms. The molecule has 0 amide bonds. The first-order chi connectivity index (χ1) is 25.3. The number of nitrogens with two attached hydrogens (primary N) is 1. The van der Waals surface area contributed by atoms with Gasteiger partial charge in [-0.1, -0.05) is 61.4 Å². The van der Waals surface area contributed by atoms with Gasteiger partial charge in [0, 0.05) is 23.2 Å². The summed E-state index contributed by atoms with van der Waals surface area (Å²) >= 11 is 7.55. The molecule has 12 nitrogen and oxygen atoms in total. The summed E-state index contributed by atoms with van der Waals surface area (Å²) < 4.78 is 61.6. The third-order valence-electron chi connectivity index (χ3n) is 8.00. The molecular weight excluding hydrogens is 754 g/mol. The van der Waals surface area contributed by atoms with Crippen LogP contribution < -0.4 is 25.2 Å².